The Hall–Kier alpha value is -2.21. The number of rotatable bonds is 5. The molecule has 1 aromatic carbocycles. The van der Waals surface area contributed by atoms with Gasteiger partial charge in [0.15, 0.2) is 9.84 Å². The van der Waals surface area contributed by atoms with Gasteiger partial charge in [-0.15, -0.1) is 0 Å². The Morgan fingerprint density at radius 2 is 1.86 bits per heavy atom. The van der Waals surface area contributed by atoms with Crippen molar-refractivity contribution in [3.63, 3.8) is 0 Å². The van der Waals surface area contributed by atoms with Crippen LogP contribution in [0.15, 0.2) is 53.6 Å². The molecule has 0 spiro atoms. The van der Waals surface area contributed by atoms with Crippen LogP contribution in [0, 0.1) is 0 Å². The highest BCUT2D eigenvalue weighted by molar-refractivity contribution is 7.90. The molecule has 1 aromatic heterocycles. The van der Waals surface area contributed by atoms with E-state index in [1.54, 1.807) is 30.5 Å². The molecule has 5 nitrogen and oxygen atoms in total. The molecule has 6 heteroatoms. The zero-order valence-electron chi connectivity index (χ0n) is 11.6. The summed E-state index contributed by atoms with van der Waals surface area (Å²) in [5.74, 6) is -0.239. The fourth-order valence-electron chi connectivity index (χ4n) is 1.94. The molecule has 0 aliphatic rings. The van der Waals surface area contributed by atoms with Gasteiger partial charge in [0.25, 0.3) is 0 Å². The molecule has 2 aromatic rings. The number of carbonyl (C=O) groups is 1. The van der Waals surface area contributed by atoms with Crippen molar-refractivity contribution < 1.29 is 13.2 Å². The zero-order chi connectivity index (χ0) is 15.3. The first-order valence-corrected chi connectivity index (χ1v) is 8.30. The Morgan fingerprint density at radius 3 is 2.52 bits per heavy atom. The largest absolute Gasteiger partial charge is 0.350 e. The van der Waals surface area contributed by atoms with Gasteiger partial charge in [-0.1, -0.05) is 24.3 Å². The summed E-state index contributed by atoms with van der Waals surface area (Å²) in [5.41, 5.74) is 1.25. The molecule has 110 valence electrons. The normalized spacial score (nSPS) is 11.1. The minimum atomic E-state index is -3.34. The van der Waals surface area contributed by atoms with Crippen LogP contribution in [-0.2, 0) is 27.6 Å². The lowest BCUT2D eigenvalue weighted by Gasteiger charge is -2.08. The third kappa shape index (κ3) is 4.39. The summed E-state index contributed by atoms with van der Waals surface area (Å²) in [6.45, 7) is 0.320. The number of sulfone groups is 1. The first-order valence-electron chi connectivity index (χ1n) is 6.41. The number of hydrogen-bond donors (Lipinski definition) is 1. The molecule has 1 amide bonds. The van der Waals surface area contributed by atoms with Crippen molar-refractivity contribution in [3.05, 3.63) is 59.9 Å². The van der Waals surface area contributed by atoms with Crippen molar-refractivity contribution >= 4 is 15.7 Å². The summed E-state index contributed by atoms with van der Waals surface area (Å²) < 4.78 is 23.3. The van der Waals surface area contributed by atoms with Crippen LogP contribution < -0.4 is 5.32 Å². The lowest BCUT2D eigenvalue weighted by molar-refractivity contribution is -0.120. The Bertz CT molecular complexity index is 728. The molecule has 0 aliphatic heterocycles. The summed E-state index contributed by atoms with van der Waals surface area (Å²) in [5, 5.41) is 2.73. The molecule has 2 rings (SSSR count). The average molecular weight is 304 g/mol. The van der Waals surface area contributed by atoms with Gasteiger partial charge in [-0.05, 0) is 23.8 Å². The number of nitrogens with one attached hydrogen (secondary N) is 1. The third-order valence-electron chi connectivity index (χ3n) is 2.92. The van der Waals surface area contributed by atoms with Crippen molar-refractivity contribution in [1.29, 1.82) is 0 Å². The summed E-state index contributed by atoms with van der Waals surface area (Å²) in [4.78, 5) is 16.2. The smallest absolute Gasteiger partial charge is 0.224 e. The zero-order valence-corrected chi connectivity index (χ0v) is 12.4. The molecule has 0 bridgehead atoms. The topological polar surface area (TPSA) is 76.1 Å². The number of carbonyl (C=O) groups excluding carboxylic acids is 1. The molecule has 0 saturated heterocycles. The van der Waals surface area contributed by atoms with E-state index in [1.807, 2.05) is 12.1 Å². The fraction of sp³-hybridized carbons (Fsp3) is 0.200. The summed E-state index contributed by atoms with van der Waals surface area (Å²) in [7, 11) is -3.34. The van der Waals surface area contributed by atoms with E-state index in [2.05, 4.69) is 10.3 Å². The number of hydrogen-bond acceptors (Lipinski definition) is 4. The van der Waals surface area contributed by atoms with E-state index in [9.17, 15) is 13.2 Å². The molecular weight excluding hydrogens is 288 g/mol. The van der Waals surface area contributed by atoms with Gasteiger partial charge < -0.3 is 5.32 Å². The molecule has 0 radical (unpaired) electrons. The Labute approximate surface area is 124 Å². The number of benzene rings is 1. The lowest BCUT2D eigenvalue weighted by Crippen LogP contribution is -2.25. The highest BCUT2D eigenvalue weighted by atomic mass is 32.2. The van der Waals surface area contributed by atoms with Crippen molar-refractivity contribution in [2.24, 2.45) is 0 Å². The van der Waals surface area contributed by atoms with Crippen molar-refractivity contribution in [2.45, 2.75) is 17.9 Å². The second-order valence-corrected chi connectivity index (χ2v) is 6.64. The molecule has 1 heterocycles. The first-order chi connectivity index (χ1) is 9.97. The number of aromatic nitrogens is 1. The Morgan fingerprint density at radius 1 is 1.14 bits per heavy atom. The molecular formula is C15H16N2O3S. The maximum absolute atomic E-state index is 11.9. The van der Waals surface area contributed by atoms with Crippen LogP contribution in [0.2, 0.25) is 0 Å². The highest BCUT2D eigenvalue weighted by Gasteiger charge is 2.14. The van der Waals surface area contributed by atoms with Crippen LogP contribution in [0.1, 0.15) is 11.3 Å². The molecule has 0 atom stereocenters. The van der Waals surface area contributed by atoms with Crippen LogP contribution >= 0.6 is 0 Å². The van der Waals surface area contributed by atoms with E-state index in [4.69, 9.17) is 0 Å². The maximum atomic E-state index is 11.9. The fourth-order valence-corrected chi connectivity index (χ4v) is 2.88. The van der Waals surface area contributed by atoms with Gasteiger partial charge in [0.1, 0.15) is 0 Å². The molecule has 1 N–H and O–H groups in total. The summed E-state index contributed by atoms with van der Waals surface area (Å²) in [6, 6.07) is 12.0. The average Bonchev–Trinajstić information content (AvgIpc) is 2.46. The van der Waals surface area contributed by atoms with Crippen molar-refractivity contribution in [3.8, 4) is 0 Å². The molecule has 0 unspecified atom stereocenters. The predicted octanol–water partition coefficient (Wildman–Crippen LogP) is 1.34. The van der Waals surface area contributed by atoms with Gasteiger partial charge in [-0.3, -0.25) is 9.78 Å². The van der Waals surface area contributed by atoms with Crippen LogP contribution in [-0.4, -0.2) is 25.6 Å². The molecule has 21 heavy (non-hydrogen) atoms. The lowest BCUT2D eigenvalue weighted by atomic mass is 10.1. The van der Waals surface area contributed by atoms with Gasteiger partial charge in [-0.25, -0.2) is 8.42 Å². The van der Waals surface area contributed by atoms with Crippen molar-refractivity contribution in [2.75, 3.05) is 6.26 Å². The van der Waals surface area contributed by atoms with Gasteiger partial charge in [0.05, 0.1) is 23.6 Å². The van der Waals surface area contributed by atoms with E-state index in [0.29, 0.717) is 12.1 Å². The minimum absolute atomic E-state index is 0.0239. The second kappa shape index (κ2) is 6.49. The first kappa shape index (κ1) is 15.2. The third-order valence-corrected chi connectivity index (χ3v) is 4.11. The van der Waals surface area contributed by atoms with Crippen LogP contribution in [0.5, 0.6) is 0 Å². The van der Waals surface area contributed by atoms with E-state index in [1.165, 1.54) is 6.07 Å². The molecule has 0 fully saturated rings. The van der Waals surface area contributed by atoms with Gasteiger partial charge in [-0.2, -0.15) is 0 Å². The van der Waals surface area contributed by atoms with Gasteiger partial charge in [0.2, 0.25) is 5.91 Å². The Balaban J connectivity index is 2.04. The van der Waals surface area contributed by atoms with E-state index < -0.39 is 9.84 Å². The Kier molecular flexibility index (Phi) is 4.70. The SMILES string of the molecule is CS(=O)(=O)c1ccccc1CC(=O)NCc1ccccn1. The molecule has 0 aliphatic carbocycles. The van der Waals surface area contributed by atoms with Gasteiger partial charge >= 0.3 is 0 Å². The number of nitrogens with zero attached hydrogens (tertiary/aromatic N) is 1. The summed E-state index contributed by atoms with van der Waals surface area (Å²) >= 11 is 0. The molecule has 0 saturated carbocycles. The summed E-state index contributed by atoms with van der Waals surface area (Å²) in [6.07, 6.45) is 2.81. The minimum Gasteiger partial charge on any atom is -0.350 e. The van der Waals surface area contributed by atoms with Crippen LogP contribution in [0.4, 0.5) is 0 Å². The number of amides is 1. The maximum Gasteiger partial charge on any atom is 0.224 e. The predicted molar refractivity (Wildman–Crippen MR) is 79.3 cm³/mol. The van der Waals surface area contributed by atoms with Crippen LogP contribution in [0.25, 0.3) is 0 Å². The monoisotopic (exact) mass is 304 g/mol. The van der Waals surface area contributed by atoms with Crippen LogP contribution in [0.3, 0.4) is 0 Å². The quantitative estimate of drug-likeness (QED) is 0.904. The van der Waals surface area contributed by atoms with Crippen molar-refractivity contribution in [1.82, 2.24) is 10.3 Å². The highest BCUT2D eigenvalue weighted by Crippen LogP contribution is 2.15. The van der Waals surface area contributed by atoms with E-state index in [0.717, 1.165) is 11.9 Å². The van der Waals surface area contributed by atoms with E-state index in [-0.39, 0.29) is 17.2 Å². The van der Waals surface area contributed by atoms with E-state index >= 15 is 0 Å². The second-order valence-electron chi connectivity index (χ2n) is 4.65. The standard InChI is InChI=1S/C15H16N2O3S/c1-21(19,20)14-8-3-2-6-12(14)10-15(18)17-11-13-7-4-5-9-16-13/h2-9H,10-11H2,1H3,(H,17,18). The van der Waals surface area contributed by atoms with Gasteiger partial charge in [0, 0.05) is 12.5 Å². The number of pyridine rings is 1.